The zero-order chi connectivity index (χ0) is 11.6. The van der Waals surface area contributed by atoms with Crippen LogP contribution in [0, 0.1) is 5.92 Å². The molecule has 0 atom stereocenters. The first-order valence-corrected chi connectivity index (χ1v) is 5.64. The van der Waals surface area contributed by atoms with Gasteiger partial charge in [0.15, 0.2) is 7.59 Å². The van der Waals surface area contributed by atoms with Gasteiger partial charge in [-0.25, -0.2) is 0 Å². The maximum Gasteiger partial charge on any atom is 0.306 e. The zero-order valence-corrected chi connectivity index (χ0v) is 11.2. The molecule has 0 saturated carbocycles. The van der Waals surface area contributed by atoms with E-state index in [2.05, 4.69) is 0 Å². The van der Waals surface area contributed by atoms with Gasteiger partial charge in [0.25, 0.3) is 0 Å². The third-order valence-electron chi connectivity index (χ3n) is 1.30. The number of halogens is 6. The molecule has 0 aliphatic rings. The van der Waals surface area contributed by atoms with Gasteiger partial charge in [-0.3, -0.25) is 4.79 Å². The van der Waals surface area contributed by atoms with Gasteiger partial charge in [0, 0.05) is 12.8 Å². The number of aliphatic carboxylic acids is 1. The van der Waals surface area contributed by atoms with Gasteiger partial charge in [-0.05, 0) is 0 Å². The smallest absolute Gasteiger partial charge is 0.306 e. The Morgan fingerprint density at radius 3 is 1.43 bits per heavy atom. The highest BCUT2D eigenvalue weighted by Crippen LogP contribution is 2.40. The van der Waals surface area contributed by atoms with E-state index < -0.39 is 19.5 Å². The highest BCUT2D eigenvalue weighted by molar-refractivity contribution is 6.68. The summed E-state index contributed by atoms with van der Waals surface area (Å²) in [6.45, 7) is 0. The van der Waals surface area contributed by atoms with Crippen molar-refractivity contribution >= 4 is 75.6 Å². The largest absolute Gasteiger partial charge is 0.481 e. The minimum atomic E-state index is -1.67. The number of carboxylic acids is 1. The molecular weight excluding hydrogens is 317 g/mol. The third-order valence-corrected chi connectivity index (χ3v) is 2.23. The van der Waals surface area contributed by atoms with E-state index in [9.17, 15) is 4.79 Å². The standard InChI is InChI=1S/C6H6Cl6O2/c7-5(8,9)1-3(4(13)14)2-6(10,11)12/h3H,1-2H2,(H,13,14). The molecule has 0 unspecified atom stereocenters. The van der Waals surface area contributed by atoms with Crippen molar-refractivity contribution in [1.82, 2.24) is 0 Å². The maximum absolute atomic E-state index is 10.7. The Hall–Kier alpha value is 1.21. The molecule has 0 aliphatic heterocycles. The highest BCUT2D eigenvalue weighted by atomic mass is 35.6. The van der Waals surface area contributed by atoms with Crippen molar-refractivity contribution in [2.45, 2.75) is 20.4 Å². The molecule has 0 aromatic heterocycles. The summed E-state index contributed by atoms with van der Waals surface area (Å²) in [5, 5.41) is 8.75. The SMILES string of the molecule is O=C(O)C(CC(Cl)(Cl)Cl)CC(Cl)(Cl)Cl. The average molecular weight is 323 g/mol. The molecule has 1 N–H and O–H groups in total. The van der Waals surface area contributed by atoms with Crippen LogP contribution >= 0.6 is 69.6 Å². The minimum Gasteiger partial charge on any atom is -0.481 e. The highest BCUT2D eigenvalue weighted by Gasteiger charge is 2.35. The summed E-state index contributed by atoms with van der Waals surface area (Å²) in [5.41, 5.74) is 0. The van der Waals surface area contributed by atoms with Gasteiger partial charge in [0.1, 0.15) is 0 Å². The minimum absolute atomic E-state index is 0.207. The van der Waals surface area contributed by atoms with Crippen molar-refractivity contribution in [3.05, 3.63) is 0 Å². The van der Waals surface area contributed by atoms with Crippen LogP contribution in [0.15, 0.2) is 0 Å². The molecule has 0 fully saturated rings. The summed E-state index contributed by atoms with van der Waals surface area (Å²) in [7, 11) is 0. The summed E-state index contributed by atoms with van der Waals surface area (Å²) in [4.78, 5) is 10.7. The second-order valence-corrected chi connectivity index (χ2v) is 7.71. The van der Waals surface area contributed by atoms with E-state index in [4.69, 9.17) is 74.7 Å². The summed E-state index contributed by atoms with van der Waals surface area (Å²) in [6.07, 6.45) is -0.415. The average Bonchev–Trinajstić information content (AvgIpc) is 1.78. The summed E-state index contributed by atoms with van der Waals surface area (Å²) < 4.78 is -3.34. The molecule has 2 nitrogen and oxygen atoms in total. The molecule has 0 spiro atoms. The fourth-order valence-corrected chi connectivity index (χ4v) is 1.92. The normalized spacial score (nSPS) is 13.4. The Bertz CT molecular complexity index is 189. The number of hydrogen-bond donors (Lipinski definition) is 1. The van der Waals surface area contributed by atoms with Gasteiger partial charge in [-0.1, -0.05) is 69.6 Å². The van der Waals surface area contributed by atoms with Crippen molar-refractivity contribution in [1.29, 1.82) is 0 Å². The summed E-state index contributed by atoms with van der Waals surface area (Å²) >= 11 is 32.6. The Morgan fingerprint density at radius 1 is 1.00 bits per heavy atom. The van der Waals surface area contributed by atoms with Crippen LogP contribution in [-0.4, -0.2) is 18.7 Å². The maximum atomic E-state index is 10.7. The van der Waals surface area contributed by atoms with E-state index in [-0.39, 0.29) is 12.8 Å². The fourth-order valence-electron chi connectivity index (χ4n) is 0.806. The predicted octanol–water partition coefficient (Wildman–Crippen LogP) is 4.21. The fraction of sp³-hybridized carbons (Fsp3) is 0.833. The molecule has 0 aromatic rings. The number of hydrogen-bond acceptors (Lipinski definition) is 1. The number of alkyl halides is 6. The monoisotopic (exact) mass is 320 g/mol. The van der Waals surface area contributed by atoms with Gasteiger partial charge in [0.05, 0.1) is 5.92 Å². The Morgan fingerprint density at radius 2 is 1.29 bits per heavy atom. The van der Waals surface area contributed by atoms with Gasteiger partial charge in [-0.15, -0.1) is 0 Å². The van der Waals surface area contributed by atoms with Crippen molar-refractivity contribution in [2.75, 3.05) is 0 Å². The van der Waals surface area contributed by atoms with Crippen LogP contribution in [0.1, 0.15) is 12.8 Å². The number of carbonyl (C=O) groups is 1. The topological polar surface area (TPSA) is 37.3 Å². The van der Waals surface area contributed by atoms with Crippen LogP contribution in [0.2, 0.25) is 0 Å². The molecule has 0 radical (unpaired) electrons. The molecule has 0 rings (SSSR count). The van der Waals surface area contributed by atoms with Crippen LogP contribution in [-0.2, 0) is 4.79 Å². The third kappa shape index (κ3) is 8.51. The Labute approximate surface area is 111 Å². The van der Waals surface area contributed by atoms with Gasteiger partial charge in [0.2, 0.25) is 0 Å². The molecular formula is C6H6Cl6O2. The van der Waals surface area contributed by atoms with Crippen LogP contribution in [0.4, 0.5) is 0 Å². The molecule has 0 amide bonds. The van der Waals surface area contributed by atoms with Crippen molar-refractivity contribution in [2.24, 2.45) is 5.92 Å². The van der Waals surface area contributed by atoms with Crippen LogP contribution in [0.3, 0.4) is 0 Å². The van der Waals surface area contributed by atoms with Crippen LogP contribution < -0.4 is 0 Å². The molecule has 8 heteroatoms. The first kappa shape index (κ1) is 15.2. The van der Waals surface area contributed by atoms with E-state index in [1.807, 2.05) is 0 Å². The molecule has 0 bridgehead atoms. The lowest BCUT2D eigenvalue weighted by Crippen LogP contribution is -2.24. The lowest BCUT2D eigenvalue weighted by atomic mass is 10.0. The quantitative estimate of drug-likeness (QED) is 0.790. The van der Waals surface area contributed by atoms with E-state index >= 15 is 0 Å². The first-order valence-electron chi connectivity index (χ1n) is 3.37. The zero-order valence-electron chi connectivity index (χ0n) is 6.61. The predicted molar refractivity (Wildman–Crippen MR) is 60.9 cm³/mol. The molecule has 84 valence electrons. The van der Waals surface area contributed by atoms with Gasteiger partial charge < -0.3 is 5.11 Å². The van der Waals surface area contributed by atoms with Gasteiger partial charge >= 0.3 is 5.97 Å². The Balaban J connectivity index is 4.40. The van der Waals surface area contributed by atoms with Crippen molar-refractivity contribution in [3.63, 3.8) is 0 Å². The van der Waals surface area contributed by atoms with E-state index in [0.717, 1.165) is 0 Å². The van der Waals surface area contributed by atoms with Gasteiger partial charge in [-0.2, -0.15) is 0 Å². The second kappa shape index (κ2) is 5.51. The number of rotatable bonds is 3. The first-order chi connectivity index (χ1) is 6.01. The van der Waals surface area contributed by atoms with E-state index in [1.54, 1.807) is 0 Å². The summed E-state index contributed by atoms with van der Waals surface area (Å²) in [6, 6.07) is 0. The lowest BCUT2D eigenvalue weighted by Gasteiger charge is -2.20. The molecule has 0 aliphatic carbocycles. The van der Waals surface area contributed by atoms with Crippen molar-refractivity contribution in [3.8, 4) is 0 Å². The molecule has 0 saturated heterocycles. The second-order valence-electron chi connectivity index (χ2n) is 2.67. The number of carboxylic acid groups (broad SMARTS) is 1. The Kier molecular flexibility index (Phi) is 5.99. The van der Waals surface area contributed by atoms with Crippen molar-refractivity contribution < 1.29 is 9.90 Å². The lowest BCUT2D eigenvalue weighted by molar-refractivity contribution is -0.142. The van der Waals surface area contributed by atoms with E-state index in [0.29, 0.717) is 0 Å². The summed E-state index contributed by atoms with van der Waals surface area (Å²) in [5.74, 6) is -2.17. The molecule has 0 aromatic carbocycles. The molecule has 14 heavy (non-hydrogen) atoms. The molecule has 0 heterocycles. The van der Waals surface area contributed by atoms with E-state index in [1.165, 1.54) is 0 Å². The van der Waals surface area contributed by atoms with Crippen LogP contribution in [0.5, 0.6) is 0 Å². The van der Waals surface area contributed by atoms with Crippen LogP contribution in [0.25, 0.3) is 0 Å².